The van der Waals surface area contributed by atoms with Crippen LogP contribution in [0.3, 0.4) is 0 Å². The van der Waals surface area contributed by atoms with E-state index in [2.05, 4.69) is 130 Å². The predicted octanol–water partition coefficient (Wildman–Crippen LogP) is 18.8. The second-order valence-corrected chi connectivity index (χ2v) is 36.0. The Morgan fingerprint density at radius 2 is 0.784 bits per heavy atom. The number of methoxy groups -OCH3 is 4. The minimum atomic E-state index is -2.99. The molecule has 10 atom stereocenters. The Morgan fingerprint density at radius 1 is 0.432 bits per heavy atom. The number of benzene rings is 8. The van der Waals surface area contributed by atoms with Gasteiger partial charge in [0.25, 0.3) is 5.91 Å². The minimum Gasteiger partial charge on any atom is -0.479 e. The zero-order valence-corrected chi connectivity index (χ0v) is 79.5. The maximum absolute atomic E-state index is 14.0. The van der Waals surface area contributed by atoms with Gasteiger partial charge in [0.05, 0.1) is 88.6 Å². The molecule has 7 N–H and O–H groups in total. The molecule has 8 amide bonds. The second kappa shape index (κ2) is 45.8. The number of amides is 8. The van der Waals surface area contributed by atoms with Crippen molar-refractivity contribution in [2.45, 2.75) is 179 Å². The Bertz CT molecular complexity index is 6210. The number of hydrogen-bond acceptors (Lipinski definition) is 20. The van der Waals surface area contributed by atoms with Gasteiger partial charge in [-0.15, -0.1) is 12.4 Å². The van der Waals surface area contributed by atoms with Gasteiger partial charge in [-0.25, -0.2) is 38.7 Å². The number of aromatic amines is 2. The largest absolute Gasteiger partial charge is 0.479 e. The summed E-state index contributed by atoms with van der Waals surface area (Å²) in [7, 11) is 4.88. The molecule has 2 aromatic heterocycles. The number of rotatable bonds is 26. The lowest BCUT2D eigenvalue weighted by molar-refractivity contribution is -0.160. The van der Waals surface area contributed by atoms with E-state index in [-0.39, 0.29) is 74.3 Å². The Morgan fingerprint density at radius 3 is 1.17 bits per heavy atom. The van der Waals surface area contributed by atoms with Gasteiger partial charge in [0.2, 0.25) is 11.8 Å². The quantitative estimate of drug-likeness (QED) is 0.0195. The molecule has 8 heterocycles. The van der Waals surface area contributed by atoms with E-state index in [4.69, 9.17) is 38.5 Å². The number of aliphatic carboxylic acids is 1. The van der Waals surface area contributed by atoms with Gasteiger partial charge >= 0.3 is 49.7 Å². The van der Waals surface area contributed by atoms with Crippen LogP contribution < -0.4 is 21.3 Å². The van der Waals surface area contributed by atoms with Crippen molar-refractivity contribution in [1.82, 2.24) is 60.8 Å². The Balaban J connectivity index is 0.000000203. The molecule has 31 nitrogen and oxygen atoms in total. The van der Waals surface area contributed by atoms with Gasteiger partial charge in [-0.05, 0) is 160 Å². The molecular formula is C103H113ClF4N14O17. The number of aromatic nitrogens is 4. The molecule has 36 heteroatoms. The predicted molar refractivity (Wildman–Crippen MR) is 517 cm³/mol. The molecule has 10 aromatic rings. The first kappa shape index (κ1) is 102. The Kier molecular flexibility index (Phi) is 33.6. The Labute approximate surface area is 807 Å². The highest BCUT2D eigenvalue weighted by molar-refractivity contribution is 6.06. The summed E-state index contributed by atoms with van der Waals surface area (Å²) >= 11 is 0. The van der Waals surface area contributed by atoms with Crippen LogP contribution in [0.1, 0.15) is 158 Å². The fraction of sp³-hybridized carbons (Fsp3) is 0.369. The number of aliphatic imine (C=N–C) groups is 2. The highest BCUT2D eigenvalue weighted by atomic mass is 35.5. The van der Waals surface area contributed by atoms with Crippen molar-refractivity contribution in [1.29, 1.82) is 0 Å². The third-order valence-electron chi connectivity index (χ3n) is 25.1. The van der Waals surface area contributed by atoms with Crippen molar-refractivity contribution in [2.75, 3.05) is 54.6 Å². The van der Waals surface area contributed by atoms with Crippen molar-refractivity contribution in [3.05, 3.63) is 241 Å². The molecular weight excluding hydrogens is 1820 g/mol. The summed E-state index contributed by atoms with van der Waals surface area (Å²) in [5.41, 5.74) is 13.5. The van der Waals surface area contributed by atoms with Crippen molar-refractivity contribution >= 4 is 111 Å². The van der Waals surface area contributed by atoms with E-state index in [1.807, 2.05) is 87.6 Å². The van der Waals surface area contributed by atoms with Gasteiger partial charge < -0.3 is 84.2 Å². The molecule has 4 saturated heterocycles. The summed E-state index contributed by atoms with van der Waals surface area (Å²) in [4.78, 5) is 145. The highest BCUT2D eigenvalue weighted by Crippen LogP contribution is 2.41. The monoisotopic (exact) mass is 1930 g/mol. The number of carboxylic acids is 1. The van der Waals surface area contributed by atoms with Crippen LogP contribution in [0.2, 0.25) is 0 Å². The number of ether oxygens (including phenoxy) is 7. The number of carboxylic acid groups (broad SMARTS) is 1. The fourth-order valence-electron chi connectivity index (χ4n) is 18.1. The van der Waals surface area contributed by atoms with E-state index >= 15 is 0 Å². The Hall–Kier alpha value is -14.3. The molecule has 0 spiro atoms. The molecule has 0 saturated carbocycles. The van der Waals surface area contributed by atoms with E-state index in [0.29, 0.717) is 54.3 Å². The van der Waals surface area contributed by atoms with Crippen LogP contribution in [0.15, 0.2) is 217 Å². The lowest BCUT2D eigenvalue weighted by atomic mass is 9.95. The summed E-state index contributed by atoms with van der Waals surface area (Å²) in [6.45, 7) is 7.85. The average Bonchev–Trinajstić information content (AvgIpc) is 1.71. The number of alkyl halides is 4. The molecule has 0 aliphatic carbocycles. The maximum Gasteiger partial charge on any atom is 0.410 e. The van der Waals surface area contributed by atoms with Gasteiger partial charge in [0.1, 0.15) is 35.4 Å². The van der Waals surface area contributed by atoms with Crippen LogP contribution in [-0.4, -0.2) is 220 Å². The van der Waals surface area contributed by atoms with E-state index in [0.717, 1.165) is 120 Å². The number of likely N-dealkylation sites (tertiary alicyclic amines) is 4. The van der Waals surface area contributed by atoms with E-state index in [1.165, 1.54) is 38.2 Å². The number of nitrogens with zero attached hydrogens (tertiary/aromatic N) is 8. The number of halogens is 5. The molecule has 6 aliphatic heterocycles. The molecule has 732 valence electrons. The van der Waals surface area contributed by atoms with Crippen LogP contribution in [0.5, 0.6) is 0 Å². The van der Waals surface area contributed by atoms with Gasteiger partial charge in [0, 0.05) is 86.8 Å². The number of fused-ring (bicyclic) bond motifs is 2. The van der Waals surface area contributed by atoms with Gasteiger partial charge in [0.15, 0.2) is 6.04 Å². The number of hydrogen-bond donors (Lipinski definition) is 7. The number of carbonyl (C=O) groups is 9. The standard InChI is InChI=1S/C49H51F2N7O7.C44H50F2N6O6.C10H11NO4.ClH/c1-28(2)42(55-48(61)63-3)45(59)58-27-37(65-47(50)51)24-41(58)38-23-36(25-52-38)30-14-12-29(13-15-30)32-16-17-34-22-35(19-18-33(34)21-32)39-26-53-44(54-39)40-11-8-20-57(40)46(60)43(56-49(62)64-4)31-9-6-5-7-10-31;1-25(2)38(50-42(54)56-6)40(53)52-24-33(57-41(45)46)21-37(52)34-20-32(22-47-34)27-11-9-26(10-12-27)28-13-14-30-19-31(16-15-29(30)18-28)35-23-48-39(49-35)36-8-7-17-51(36)43(55)58-44(3,4)5;1-15-10(14)11-8(9(12)13)7-5-3-2-4-6-7;/h5-7,9-10,12-19,21-22,25-26,28,37,40-43,47H,8,11,20,23-24,27H2,1-4H3,(H,53,54)(H,55,61)(H,56,62);9-16,18-19,22-23,25,33,36-38,41H,7-8,17,20-21,24H2,1-6H3,(H,48,49)(H,50,54);2-6,8H,1H3,(H,11,14)(H,12,13);1H/t37-,40-,41-,42-,43?;33-,36-,37-,38-;;/m00../s1. The fourth-order valence-corrected chi connectivity index (χ4v) is 18.1. The zero-order valence-electron chi connectivity index (χ0n) is 78.7. The van der Waals surface area contributed by atoms with Crippen LogP contribution in [-0.2, 0) is 52.3 Å². The number of alkyl carbamates (subject to hydrolysis) is 4. The van der Waals surface area contributed by atoms with Crippen LogP contribution in [0.25, 0.3) is 77.5 Å². The van der Waals surface area contributed by atoms with Gasteiger partial charge in [-0.1, -0.05) is 185 Å². The van der Waals surface area contributed by atoms with Crippen molar-refractivity contribution < 1.29 is 99.0 Å². The first-order valence-corrected chi connectivity index (χ1v) is 45.6. The molecule has 6 aliphatic rings. The molecule has 16 rings (SSSR count). The number of nitrogens with one attached hydrogen (secondary N) is 6. The van der Waals surface area contributed by atoms with E-state index in [1.54, 1.807) is 98.6 Å². The lowest BCUT2D eigenvalue weighted by Gasteiger charge is -2.30. The summed E-state index contributed by atoms with van der Waals surface area (Å²) < 4.78 is 87.2. The number of imidazole rings is 2. The molecule has 0 bridgehead atoms. The summed E-state index contributed by atoms with van der Waals surface area (Å²) in [5, 5.41) is 23.3. The van der Waals surface area contributed by atoms with Crippen molar-refractivity contribution in [2.24, 2.45) is 21.8 Å². The first-order chi connectivity index (χ1) is 66.2. The van der Waals surface area contributed by atoms with Gasteiger partial charge in [-0.2, -0.15) is 17.6 Å². The molecule has 0 radical (unpaired) electrons. The smallest absolute Gasteiger partial charge is 0.410 e. The SMILES string of the molecule is COC(=O)NC(C(=O)N1CCC[C@H]1c1ncc(-c2ccc3cc(-c4ccc(C5=CN=C([C@@H]6C[C@H](OC(F)F)CN6C(=O)[C@@H](NC(=O)OC)C(C)C)C5)cc4)ccc3c2)[nH]1)c1ccccc1.COC(=O)NC(C(=O)O)c1ccccc1.COC(=O)N[C@H](C(=O)N1C[C@@H](OC(F)F)C[C@H]1C1=NC=C(c2ccc(-c3ccc4cc(-c5cnc([C@@H]6CCCN6C(=O)OC(C)(C)C)[nH]5)ccc4c3)cc2)C1)C(C)C.Cl. The van der Waals surface area contributed by atoms with Gasteiger partial charge in [-0.3, -0.25) is 29.3 Å². The molecule has 2 unspecified atom stereocenters. The first-order valence-electron chi connectivity index (χ1n) is 45.6. The summed E-state index contributed by atoms with van der Waals surface area (Å²) in [6, 6.07) is 53.6. The van der Waals surface area contributed by atoms with Crippen LogP contribution in [0.4, 0.5) is 41.5 Å². The summed E-state index contributed by atoms with van der Waals surface area (Å²) in [5.74, 6) is -1.32. The zero-order chi connectivity index (χ0) is 98.3. The second-order valence-electron chi connectivity index (χ2n) is 36.0. The number of carbonyl (C=O) groups excluding carboxylic acids is 8. The topological polar surface area (TPSA) is 382 Å². The van der Waals surface area contributed by atoms with Crippen molar-refractivity contribution in [3.8, 4) is 44.8 Å². The molecule has 139 heavy (non-hydrogen) atoms. The van der Waals surface area contributed by atoms with E-state index in [9.17, 15) is 60.7 Å². The minimum absolute atomic E-state index is 0. The number of H-pyrrole nitrogens is 2. The number of allylic oxidation sites excluding steroid dienone is 2. The molecule has 8 aromatic carbocycles. The third kappa shape index (κ3) is 25.0. The average molecular weight is 1930 g/mol. The third-order valence-corrected chi connectivity index (χ3v) is 25.1. The van der Waals surface area contributed by atoms with Crippen LogP contribution >= 0.6 is 12.4 Å². The molecule has 4 fully saturated rings. The highest BCUT2D eigenvalue weighted by Gasteiger charge is 2.47. The summed E-state index contributed by atoms with van der Waals surface area (Å²) in [6.07, 6.45) is 6.49. The van der Waals surface area contributed by atoms with Crippen LogP contribution in [0, 0.1) is 11.8 Å². The maximum atomic E-state index is 14.0. The lowest BCUT2D eigenvalue weighted by Crippen LogP contribution is -2.53. The normalized spacial score (nSPS) is 18.7. The van der Waals surface area contributed by atoms with E-state index < -0.39 is 109 Å². The van der Waals surface area contributed by atoms with Crippen molar-refractivity contribution in [3.63, 3.8) is 0 Å².